The monoisotopic (exact) mass is 387 g/mol. The Balaban J connectivity index is 1.61. The lowest BCUT2D eigenvalue weighted by atomic mass is 10.1. The van der Waals surface area contributed by atoms with Gasteiger partial charge in [0.25, 0.3) is 5.91 Å². The molecule has 0 radical (unpaired) electrons. The first-order valence-electron chi connectivity index (χ1n) is 10.2. The molecule has 1 aromatic rings. The third-order valence-corrected chi connectivity index (χ3v) is 5.36. The lowest BCUT2D eigenvalue weighted by molar-refractivity contribution is -0.134. The van der Waals surface area contributed by atoms with Crippen LogP contribution in [0.1, 0.15) is 49.4 Å². The lowest BCUT2D eigenvalue weighted by Gasteiger charge is -2.28. The highest BCUT2D eigenvalue weighted by Gasteiger charge is 2.35. The molecular formula is C21H29N3O4. The average molecular weight is 387 g/mol. The van der Waals surface area contributed by atoms with Crippen molar-refractivity contribution in [3.63, 3.8) is 0 Å². The van der Waals surface area contributed by atoms with Gasteiger partial charge in [-0.2, -0.15) is 0 Å². The quantitative estimate of drug-likeness (QED) is 0.808. The van der Waals surface area contributed by atoms with Crippen molar-refractivity contribution in [2.45, 2.75) is 45.1 Å². The molecule has 0 aliphatic carbocycles. The van der Waals surface area contributed by atoms with Crippen LogP contribution in [0, 0.1) is 0 Å². The zero-order valence-electron chi connectivity index (χ0n) is 16.5. The predicted octanol–water partition coefficient (Wildman–Crippen LogP) is 1.82. The summed E-state index contributed by atoms with van der Waals surface area (Å²) in [5, 5.41) is 2.74. The minimum Gasteiger partial charge on any atom is -0.493 e. The molecule has 2 heterocycles. The van der Waals surface area contributed by atoms with E-state index >= 15 is 0 Å². The van der Waals surface area contributed by atoms with Crippen molar-refractivity contribution >= 4 is 17.7 Å². The molecule has 2 saturated heterocycles. The van der Waals surface area contributed by atoms with Crippen molar-refractivity contribution in [2.75, 3.05) is 32.8 Å². The first-order valence-corrected chi connectivity index (χ1v) is 10.2. The second-order valence-electron chi connectivity index (χ2n) is 7.24. The van der Waals surface area contributed by atoms with E-state index in [2.05, 4.69) is 5.32 Å². The van der Waals surface area contributed by atoms with Crippen LogP contribution in [0.2, 0.25) is 0 Å². The van der Waals surface area contributed by atoms with Crippen LogP contribution < -0.4 is 10.1 Å². The molecule has 1 atom stereocenters. The summed E-state index contributed by atoms with van der Waals surface area (Å²) in [6, 6.07) is 6.55. The Kier molecular flexibility index (Phi) is 6.90. The Labute approximate surface area is 166 Å². The van der Waals surface area contributed by atoms with Gasteiger partial charge in [-0.15, -0.1) is 0 Å². The molecule has 3 amide bonds. The summed E-state index contributed by atoms with van der Waals surface area (Å²) in [5.74, 6) is 0.0149. The third-order valence-electron chi connectivity index (χ3n) is 5.36. The molecule has 0 spiro atoms. The molecule has 1 N–H and O–H groups in total. The Morgan fingerprint density at radius 3 is 2.57 bits per heavy atom. The normalized spacial score (nSPS) is 19.4. The Morgan fingerprint density at radius 1 is 1.07 bits per heavy atom. The van der Waals surface area contributed by atoms with Gasteiger partial charge < -0.3 is 19.9 Å². The summed E-state index contributed by atoms with van der Waals surface area (Å²) in [7, 11) is 0. The van der Waals surface area contributed by atoms with Crippen LogP contribution in [0.3, 0.4) is 0 Å². The zero-order chi connectivity index (χ0) is 19.9. The molecule has 2 aliphatic rings. The number of carbonyl (C=O) groups is 3. The van der Waals surface area contributed by atoms with Gasteiger partial charge in [-0.05, 0) is 51.2 Å². The van der Waals surface area contributed by atoms with Gasteiger partial charge in [-0.1, -0.05) is 12.1 Å². The van der Waals surface area contributed by atoms with Crippen molar-refractivity contribution in [3.05, 3.63) is 29.8 Å². The number of likely N-dealkylation sites (tertiary alicyclic amines) is 2. The Bertz CT molecular complexity index is 715. The fourth-order valence-electron chi connectivity index (χ4n) is 3.90. The number of nitrogens with zero attached hydrogens (tertiary/aromatic N) is 2. The van der Waals surface area contributed by atoms with E-state index in [1.165, 1.54) is 0 Å². The van der Waals surface area contributed by atoms with Gasteiger partial charge >= 0.3 is 0 Å². The summed E-state index contributed by atoms with van der Waals surface area (Å²) in [6.07, 6.45) is 4.55. The molecule has 7 heteroatoms. The summed E-state index contributed by atoms with van der Waals surface area (Å²) >= 11 is 0. The number of benzene rings is 1. The molecule has 0 unspecified atom stereocenters. The van der Waals surface area contributed by atoms with E-state index < -0.39 is 6.04 Å². The van der Waals surface area contributed by atoms with E-state index in [4.69, 9.17) is 4.74 Å². The van der Waals surface area contributed by atoms with Gasteiger partial charge in [-0.25, -0.2) is 0 Å². The standard InChI is InChI=1S/C21H29N3O4/c1-2-28-18-11-5-4-9-16(18)21(27)24-14-8-10-17(24)20(26)22-15-19(25)23-12-6-3-7-13-23/h4-5,9,11,17H,2-3,6-8,10,12-15H2,1H3,(H,22,26)/t17-/m0/s1. The summed E-state index contributed by atoms with van der Waals surface area (Å²) in [5.41, 5.74) is 0.466. The molecule has 152 valence electrons. The highest BCUT2D eigenvalue weighted by molar-refractivity contribution is 6.00. The molecule has 3 rings (SSSR count). The number of rotatable bonds is 6. The highest BCUT2D eigenvalue weighted by atomic mass is 16.5. The highest BCUT2D eigenvalue weighted by Crippen LogP contribution is 2.25. The van der Waals surface area contributed by atoms with Crippen LogP contribution >= 0.6 is 0 Å². The second-order valence-corrected chi connectivity index (χ2v) is 7.24. The summed E-state index contributed by atoms with van der Waals surface area (Å²) in [6.45, 7) is 4.37. The van der Waals surface area contributed by atoms with Crippen LogP contribution in [0.25, 0.3) is 0 Å². The number of piperidine rings is 1. The van der Waals surface area contributed by atoms with Gasteiger partial charge in [0.05, 0.1) is 18.7 Å². The van der Waals surface area contributed by atoms with Crippen molar-refractivity contribution in [2.24, 2.45) is 0 Å². The number of nitrogens with one attached hydrogen (secondary N) is 1. The van der Waals surface area contributed by atoms with E-state index in [0.29, 0.717) is 30.9 Å². The fraction of sp³-hybridized carbons (Fsp3) is 0.571. The molecule has 7 nitrogen and oxygen atoms in total. The van der Waals surface area contributed by atoms with Crippen LogP contribution in [0.4, 0.5) is 0 Å². The van der Waals surface area contributed by atoms with Gasteiger partial charge in [0.1, 0.15) is 11.8 Å². The second kappa shape index (κ2) is 9.57. The van der Waals surface area contributed by atoms with E-state index in [0.717, 1.165) is 38.8 Å². The number of hydrogen-bond acceptors (Lipinski definition) is 4. The van der Waals surface area contributed by atoms with E-state index in [1.807, 2.05) is 13.0 Å². The average Bonchev–Trinajstić information content (AvgIpc) is 3.22. The molecule has 0 bridgehead atoms. The van der Waals surface area contributed by atoms with E-state index in [9.17, 15) is 14.4 Å². The van der Waals surface area contributed by atoms with Gasteiger partial charge in [0.15, 0.2) is 0 Å². The molecular weight excluding hydrogens is 358 g/mol. The molecule has 2 aliphatic heterocycles. The minimum atomic E-state index is -0.545. The molecule has 1 aromatic carbocycles. The number of amides is 3. The Hall–Kier alpha value is -2.57. The van der Waals surface area contributed by atoms with E-state index in [-0.39, 0.29) is 24.3 Å². The first kappa shape index (κ1) is 20.2. The van der Waals surface area contributed by atoms with Crippen LogP contribution in [0.5, 0.6) is 5.75 Å². The summed E-state index contributed by atoms with van der Waals surface area (Å²) < 4.78 is 5.56. The maximum Gasteiger partial charge on any atom is 0.258 e. The number of ether oxygens (including phenoxy) is 1. The predicted molar refractivity (Wildman–Crippen MR) is 105 cm³/mol. The van der Waals surface area contributed by atoms with Crippen LogP contribution in [-0.4, -0.2) is 66.3 Å². The fourth-order valence-corrected chi connectivity index (χ4v) is 3.90. The van der Waals surface area contributed by atoms with Crippen molar-refractivity contribution in [3.8, 4) is 5.75 Å². The van der Waals surface area contributed by atoms with Gasteiger partial charge in [-0.3, -0.25) is 14.4 Å². The maximum absolute atomic E-state index is 13.0. The molecule has 28 heavy (non-hydrogen) atoms. The smallest absolute Gasteiger partial charge is 0.258 e. The van der Waals surface area contributed by atoms with E-state index in [1.54, 1.807) is 28.0 Å². The zero-order valence-corrected chi connectivity index (χ0v) is 16.5. The maximum atomic E-state index is 13.0. The van der Waals surface area contributed by atoms with Crippen LogP contribution in [-0.2, 0) is 9.59 Å². The topological polar surface area (TPSA) is 79.0 Å². The Morgan fingerprint density at radius 2 is 1.82 bits per heavy atom. The number of hydrogen-bond donors (Lipinski definition) is 1. The SMILES string of the molecule is CCOc1ccccc1C(=O)N1CCC[C@H]1C(=O)NCC(=O)N1CCCCC1. The third kappa shape index (κ3) is 4.64. The summed E-state index contributed by atoms with van der Waals surface area (Å²) in [4.78, 5) is 41.4. The lowest BCUT2D eigenvalue weighted by Crippen LogP contribution is -2.49. The molecule has 0 saturated carbocycles. The van der Waals surface area contributed by atoms with Gasteiger partial charge in [0.2, 0.25) is 11.8 Å². The minimum absolute atomic E-state index is 0.00705. The first-order chi connectivity index (χ1) is 13.6. The number of carbonyl (C=O) groups excluding carboxylic acids is 3. The van der Waals surface area contributed by atoms with Crippen molar-refractivity contribution < 1.29 is 19.1 Å². The van der Waals surface area contributed by atoms with Crippen molar-refractivity contribution in [1.82, 2.24) is 15.1 Å². The number of para-hydroxylation sites is 1. The largest absolute Gasteiger partial charge is 0.493 e. The van der Waals surface area contributed by atoms with Crippen molar-refractivity contribution in [1.29, 1.82) is 0 Å². The molecule has 2 fully saturated rings. The van der Waals surface area contributed by atoms with Gasteiger partial charge in [0, 0.05) is 19.6 Å². The van der Waals surface area contributed by atoms with Crippen LogP contribution in [0.15, 0.2) is 24.3 Å². The molecule has 0 aromatic heterocycles.